The monoisotopic (exact) mass is 553 g/mol. The lowest BCUT2D eigenvalue weighted by molar-refractivity contribution is 0.249. The quantitative estimate of drug-likeness (QED) is 0.246. The number of nitrogens with zero attached hydrogens (tertiary/aromatic N) is 3. The molecule has 30 heavy (non-hydrogen) atoms. The van der Waals surface area contributed by atoms with Gasteiger partial charge in [0.05, 0.1) is 18.3 Å². The second-order valence-electron chi connectivity index (χ2n) is 7.09. The lowest BCUT2D eigenvalue weighted by Crippen LogP contribution is -2.42. The van der Waals surface area contributed by atoms with Crippen LogP contribution in [0.25, 0.3) is 10.6 Å². The summed E-state index contributed by atoms with van der Waals surface area (Å²) in [4.78, 5) is 13.2. The summed E-state index contributed by atoms with van der Waals surface area (Å²) in [6.45, 7) is 3.87. The van der Waals surface area contributed by atoms with Gasteiger partial charge in [-0.15, -0.1) is 46.7 Å². The normalized spacial score (nSPS) is 15.6. The minimum Gasteiger partial charge on any atom is -0.354 e. The molecule has 3 heterocycles. The number of benzene rings is 1. The number of aromatic nitrogens is 1. The molecule has 1 saturated heterocycles. The Morgan fingerprint density at radius 1 is 1.10 bits per heavy atom. The van der Waals surface area contributed by atoms with E-state index in [1.807, 2.05) is 36.6 Å². The van der Waals surface area contributed by atoms with Gasteiger partial charge in [-0.2, -0.15) is 0 Å². The van der Waals surface area contributed by atoms with E-state index < -0.39 is 0 Å². The van der Waals surface area contributed by atoms with Crippen molar-refractivity contribution in [3.05, 3.63) is 63.8 Å². The van der Waals surface area contributed by atoms with Crippen molar-refractivity contribution in [3.8, 4) is 10.6 Å². The molecule has 160 valence electrons. The molecule has 1 aliphatic heterocycles. The number of hydrogen-bond acceptors (Lipinski definition) is 5. The van der Waals surface area contributed by atoms with Crippen molar-refractivity contribution < 1.29 is 0 Å². The van der Waals surface area contributed by atoms with Crippen molar-refractivity contribution in [2.75, 3.05) is 26.7 Å². The van der Waals surface area contributed by atoms with Gasteiger partial charge in [0.2, 0.25) is 0 Å². The van der Waals surface area contributed by atoms with Crippen molar-refractivity contribution in [1.82, 2.24) is 20.5 Å². The zero-order chi connectivity index (χ0) is 19.9. The topological polar surface area (TPSA) is 52.6 Å². The maximum atomic E-state index is 4.75. The van der Waals surface area contributed by atoms with Crippen molar-refractivity contribution in [2.24, 2.45) is 4.99 Å². The maximum absolute atomic E-state index is 4.75. The Morgan fingerprint density at radius 2 is 1.90 bits per heavy atom. The molecular formula is C22H28IN5S2. The van der Waals surface area contributed by atoms with E-state index >= 15 is 0 Å². The van der Waals surface area contributed by atoms with Crippen LogP contribution in [0.4, 0.5) is 0 Å². The Labute approximate surface area is 203 Å². The first kappa shape index (κ1) is 23.2. The molecule has 1 aromatic carbocycles. The fourth-order valence-electron chi connectivity index (χ4n) is 3.63. The molecule has 8 heteroatoms. The van der Waals surface area contributed by atoms with Crippen LogP contribution in [0.1, 0.15) is 29.5 Å². The number of aliphatic imine (C=N–C) groups is 1. The number of hydrogen-bond donors (Lipinski definition) is 2. The molecule has 0 spiro atoms. The Bertz CT molecular complexity index is 905. The summed E-state index contributed by atoms with van der Waals surface area (Å²) in [5.74, 6) is 0.819. The zero-order valence-electron chi connectivity index (χ0n) is 17.1. The molecule has 5 nitrogen and oxygen atoms in total. The number of nitrogens with one attached hydrogen (secondary N) is 2. The number of thiophene rings is 1. The number of rotatable bonds is 7. The second-order valence-corrected chi connectivity index (χ2v) is 8.93. The highest BCUT2D eigenvalue weighted by atomic mass is 127. The van der Waals surface area contributed by atoms with Crippen molar-refractivity contribution in [1.29, 1.82) is 0 Å². The van der Waals surface area contributed by atoms with E-state index in [9.17, 15) is 0 Å². The first-order chi connectivity index (χ1) is 14.3. The molecule has 2 aromatic heterocycles. The van der Waals surface area contributed by atoms with E-state index in [1.165, 1.54) is 30.8 Å². The SMILES string of the molecule is CN=C(NCc1csc(-c2ccccc2)n1)NCC(c1cccs1)N1CCCC1.I. The van der Waals surface area contributed by atoms with Crippen molar-refractivity contribution in [2.45, 2.75) is 25.4 Å². The number of halogens is 1. The van der Waals surface area contributed by atoms with E-state index in [0.29, 0.717) is 12.6 Å². The lowest BCUT2D eigenvalue weighted by Gasteiger charge is -2.27. The Kier molecular flexibility index (Phi) is 9.10. The molecule has 0 radical (unpaired) electrons. The van der Waals surface area contributed by atoms with Gasteiger partial charge in [0.1, 0.15) is 5.01 Å². The predicted molar refractivity (Wildman–Crippen MR) is 139 cm³/mol. The van der Waals surface area contributed by atoms with Crippen LogP contribution in [0.3, 0.4) is 0 Å². The van der Waals surface area contributed by atoms with E-state index in [0.717, 1.165) is 28.8 Å². The van der Waals surface area contributed by atoms with Gasteiger partial charge in [0.25, 0.3) is 0 Å². The minimum absolute atomic E-state index is 0. The summed E-state index contributed by atoms with van der Waals surface area (Å²) < 4.78 is 0. The van der Waals surface area contributed by atoms with Gasteiger partial charge in [-0.3, -0.25) is 9.89 Å². The molecule has 2 N–H and O–H groups in total. The van der Waals surface area contributed by atoms with Crippen LogP contribution in [0.2, 0.25) is 0 Å². The number of thiazole rings is 1. The van der Waals surface area contributed by atoms with Crippen LogP contribution in [0.15, 0.2) is 58.2 Å². The third-order valence-corrected chi connectivity index (χ3v) is 7.06. The van der Waals surface area contributed by atoms with Crippen LogP contribution in [0, 0.1) is 0 Å². The lowest BCUT2D eigenvalue weighted by atomic mass is 10.2. The van der Waals surface area contributed by atoms with Gasteiger partial charge in [0, 0.05) is 29.4 Å². The minimum atomic E-state index is 0. The molecule has 0 aliphatic carbocycles. The zero-order valence-corrected chi connectivity index (χ0v) is 21.0. The summed E-state index contributed by atoms with van der Waals surface area (Å²) >= 11 is 3.52. The standard InChI is InChI=1S/C22H27N5S2.HI/c1-23-22(24-14-18-16-29-21(26-18)17-8-3-2-4-9-17)25-15-19(20-10-7-13-28-20)27-11-5-6-12-27;/h2-4,7-10,13,16,19H,5-6,11-12,14-15H2,1H3,(H2,23,24,25);1H. The van der Waals surface area contributed by atoms with Gasteiger partial charge in [-0.05, 0) is 37.4 Å². The smallest absolute Gasteiger partial charge is 0.191 e. The summed E-state index contributed by atoms with van der Waals surface area (Å²) in [6, 6.07) is 15.1. The Hall–Kier alpha value is -1.49. The largest absolute Gasteiger partial charge is 0.354 e. The van der Waals surface area contributed by atoms with Crippen LogP contribution >= 0.6 is 46.7 Å². The van der Waals surface area contributed by atoms with Gasteiger partial charge in [0.15, 0.2) is 5.96 Å². The van der Waals surface area contributed by atoms with Crippen LogP contribution in [-0.4, -0.2) is 42.5 Å². The van der Waals surface area contributed by atoms with E-state index in [1.54, 1.807) is 11.3 Å². The van der Waals surface area contributed by atoms with Crippen LogP contribution < -0.4 is 10.6 Å². The number of guanidine groups is 1. The fraction of sp³-hybridized carbons (Fsp3) is 0.364. The fourth-order valence-corrected chi connectivity index (χ4v) is 5.32. The molecule has 4 rings (SSSR count). The highest BCUT2D eigenvalue weighted by molar-refractivity contribution is 14.0. The molecule has 0 amide bonds. The highest BCUT2D eigenvalue weighted by Gasteiger charge is 2.24. The van der Waals surface area contributed by atoms with Crippen LogP contribution in [0.5, 0.6) is 0 Å². The maximum Gasteiger partial charge on any atom is 0.191 e. The second kappa shape index (κ2) is 11.8. The first-order valence-electron chi connectivity index (χ1n) is 10.1. The first-order valence-corrected chi connectivity index (χ1v) is 11.8. The molecule has 1 unspecified atom stereocenters. The van der Waals surface area contributed by atoms with E-state index in [2.05, 4.69) is 55.6 Å². The summed E-state index contributed by atoms with van der Waals surface area (Å²) in [7, 11) is 1.82. The molecule has 1 aliphatic rings. The third-order valence-electron chi connectivity index (χ3n) is 5.15. The van der Waals surface area contributed by atoms with Crippen molar-refractivity contribution >= 4 is 52.6 Å². The molecule has 0 saturated carbocycles. The van der Waals surface area contributed by atoms with E-state index in [4.69, 9.17) is 4.98 Å². The van der Waals surface area contributed by atoms with Gasteiger partial charge < -0.3 is 10.6 Å². The molecule has 3 aromatic rings. The predicted octanol–water partition coefficient (Wildman–Crippen LogP) is 4.99. The van der Waals surface area contributed by atoms with Gasteiger partial charge in [-0.25, -0.2) is 4.98 Å². The number of likely N-dealkylation sites (tertiary alicyclic amines) is 1. The average Bonchev–Trinajstić information content (AvgIpc) is 3.54. The molecule has 1 fully saturated rings. The summed E-state index contributed by atoms with van der Waals surface area (Å²) in [6.07, 6.45) is 2.59. The average molecular weight is 554 g/mol. The Balaban J connectivity index is 0.00000256. The van der Waals surface area contributed by atoms with Crippen molar-refractivity contribution in [3.63, 3.8) is 0 Å². The molecule has 0 bridgehead atoms. The summed E-state index contributed by atoms with van der Waals surface area (Å²) in [5, 5.41) is 12.3. The molecular weight excluding hydrogens is 525 g/mol. The third kappa shape index (κ3) is 6.03. The van der Waals surface area contributed by atoms with Crippen LogP contribution in [-0.2, 0) is 6.54 Å². The van der Waals surface area contributed by atoms with Gasteiger partial charge in [-0.1, -0.05) is 36.4 Å². The van der Waals surface area contributed by atoms with E-state index in [-0.39, 0.29) is 24.0 Å². The van der Waals surface area contributed by atoms with Gasteiger partial charge >= 0.3 is 0 Å². The molecule has 1 atom stereocenters. The highest BCUT2D eigenvalue weighted by Crippen LogP contribution is 2.28. The summed E-state index contributed by atoms with van der Waals surface area (Å²) in [5.41, 5.74) is 2.20. The Morgan fingerprint density at radius 3 is 2.60 bits per heavy atom.